The standard InChI is InChI=1S/C18H19NO3/c1-12-10-19(11-16(12)18(21)22)17(20)9-13-6-7-14-4-2-3-5-15(14)8-13/h2-8,12,16H,9-11H2,1H3,(H,21,22)/t12-,16-/m1/s1. The van der Waals surface area contributed by atoms with E-state index in [-0.39, 0.29) is 11.8 Å². The maximum Gasteiger partial charge on any atom is 0.308 e. The third-order valence-electron chi connectivity index (χ3n) is 4.45. The van der Waals surface area contributed by atoms with Crippen LogP contribution in [0.3, 0.4) is 0 Å². The third-order valence-corrected chi connectivity index (χ3v) is 4.45. The van der Waals surface area contributed by atoms with Crippen molar-refractivity contribution >= 4 is 22.6 Å². The fraction of sp³-hybridized carbons (Fsp3) is 0.333. The molecule has 2 aromatic rings. The van der Waals surface area contributed by atoms with Crippen LogP contribution in [0.1, 0.15) is 12.5 Å². The number of rotatable bonds is 3. The Kier molecular flexibility index (Phi) is 3.84. The predicted octanol–water partition coefficient (Wildman–Crippen LogP) is 2.56. The molecule has 0 spiro atoms. The van der Waals surface area contributed by atoms with Gasteiger partial charge in [-0.2, -0.15) is 0 Å². The van der Waals surface area contributed by atoms with Crippen molar-refractivity contribution in [1.29, 1.82) is 0 Å². The van der Waals surface area contributed by atoms with Crippen molar-refractivity contribution < 1.29 is 14.7 Å². The van der Waals surface area contributed by atoms with Crippen molar-refractivity contribution in [3.05, 3.63) is 48.0 Å². The third kappa shape index (κ3) is 2.82. The van der Waals surface area contributed by atoms with Crippen LogP contribution >= 0.6 is 0 Å². The van der Waals surface area contributed by atoms with Gasteiger partial charge in [-0.15, -0.1) is 0 Å². The number of hydrogen-bond donors (Lipinski definition) is 1. The van der Waals surface area contributed by atoms with E-state index in [1.165, 1.54) is 0 Å². The molecule has 2 atom stereocenters. The zero-order valence-electron chi connectivity index (χ0n) is 12.5. The first kappa shape index (κ1) is 14.6. The molecule has 3 rings (SSSR count). The molecule has 1 amide bonds. The van der Waals surface area contributed by atoms with Gasteiger partial charge < -0.3 is 10.0 Å². The molecule has 1 N–H and O–H groups in total. The second-order valence-electron chi connectivity index (χ2n) is 6.08. The van der Waals surface area contributed by atoms with Crippen molar-refractivity contribution in [3.63, 3.8) is 0 Å². The average Bonchev–Trinajstić information content (AvgIpc) is 2.89. The van der Waals surface area contributed by atoms with Gasteiger partial charge in [-0.3, -0.25) is 9.59 Å². The number of likely N-dealkylation sites (tertiary alicyclic amines) is 1. The molecule has 2 aromatic carbocycles. The number of carboxylic acid groups (broad SMARTS) is 1. The van der Waals surface area contributed by atoms with Gasteiger partial charge in [-0.1, -0.05) is 49.4 Å². The summed E-state index contributed by atoms with van der Waals surface area (Å²) in [5, 5.41) is 11.4. The molecule has 4 heteroatoms. The smallest absolute Gasteiger partial charge is 0.308 e. The van der Waals surface area contributed by atoms with Crippen molar-refractivity contribution in [2.45, 2.75) is 13.3 Å². The maximum absolute atomic E-state index is 12.4. The van der Waals surface area contributed by atoms with Crippen LogP contribution in [0.4, 0.5) is 0 Å². The van der Waals surface area contributed by atoms with Crippen LogP contribution in [-0.4, -0.2) is 35.0 Å². The molecular weight excluding hydrogens is 278 g/mol. The summed E-state index contributed by atoms with van der Waals surface area (Å²) >= 11 is 0. The summed E-state index contributed by atoms with van der Waals surface area (Å²) in [6.07, 6.45) is 0.323. The number of nitrogens with zero attached hydrogens (tertiary/aromatic N) is 1. The van der Waals surface area contributed by atoms with E-state index in [4.69, 9.17) is 5.11 Å². The second-order valence-corrected chi connectivity index (χ2v) is 6.08. The highest BCUT2D eigenvalue weighted by molar-refractivity contribution is 5.86. The SMILES string of the molecule is C[C@@H]1CN(C(=O)Cc2ccc3ccccc3c2)C[C@H]1C(=O)O. The van der Waals surface area contributed by atoms with Gasteiger partial charge in [0.25, 0.3) is 0 Å². The molecule has 0 aliphatic carbocycles. The first-order chi connectivity index (χ1) is 10.5. The van der Waals surface area contributed by atoms with E-state index >= 15 is 0 Å². The fourth-order valence-electron chi connectivity index (χ4n) is 3.13. The molecule has 0 aromatic heterocycles. The summed E-state index contributed by atoms with van der Waals surface area (Å²) in [7, 11) is 0. The van der Waals surface area contributed by atoms with Gasteiger partial charge in [0, 0.05) is 13.1 Å². The molecule has 1 fully saturated rings. The number of carboxylic acids is 1. The molecule has 114 valence electrons. The predicted molar refractivity (Wildman–Crippen MR) is 84.5 cm³/mol. The Labute approximate surface area is 129 Å². The van der Waals surface area contributed by atoms with Crippen LogP contribution in [0.15, 0.2) is 42.5 Å². The van der Waals surface area contributed by atoms with Gasteiger partial charge in [0.15, 0.2) is 0 Å². The lowest BCUT2D eigenvalue weighted by Gasteiger charge is -2.16. The Morgan fingerprint density at radius 1 is 1.14 bits per heavy atom. The van der Waals surface area contributed by atoms with Crippen molar-refractivity contribution in [1.82, 2.24) is 4.90 Å². The first-order valence-corrected chi connectivity index (χ1v) is 7.53. The van der Waals surface area contributed by atoms with Crippen molar-refractivity contribution in [2.24, 2.45) is 11.8 Å². The molecule has 0 unspecified atom stereocenters. The lowest BCUT2D eigenvalue weighted by Crippen LogP contribution is -2.31. The van der Waals surface area contributed by atoms with E-state index in [1.807, 2.05) is 49.4 Å². The van der Waals surface area contributed by atoms with Crippen molar-refractivity contribution in [2.75, 3.05) is 13.1 Å². The normalized spacial score (nSPS) is 21.2. The van der Waals surface area contributed by atoms with E-state index < -0.39 is 11.9 Å². The van der Waals surface area contributed by atoms with Crippen LogP contribution in [0.25, 0.3) is 10.8 Å². The highest BCUT2D eigenvalue weighted by Crippen LogP contribution is 2.24. The zero-order valence-corrected chi connectivity index (χ0v) is 12.5. The topological polar surface area (TPSA) is 57.6 Å². The van der Waals surface area contributed by atoms with Crippen LogP contribution in [0.2, 0.25) is 0 Å². The van der Waals surface area contributed by atoms with E-state index in [1.54, 1.807) is 4.90 Å². The molecule has 0 saturated carbocycles. The zero-order chi connectivity index (χ0) is 15.7. The van der Waals surface area contributed by atoms with E-state index in [0.29, 0.717) is 19.5 Å². The van der Waals surface area contributed by atoms with Gasteiger partial charge in [0.05, 0.1) is 12.3 Å². The minimum Gasteiger partial charge on any atom is -0.481 e. The van der Waals surface area contributed by atoms with Gasteiger partial charge in [0.2, 0.25) is 5.91 Å². The maximum atomic E-state index is 12.4. The lowest BCUT2D eigenvalue weighted by atomic mass is 9.99. The second kappa shape index (κ2) is 5.79. The molecule has 0 bridgehead atoms. The van der Waals surface area contributed by atoms with Crippen LogP contribution in [0, 0.1) is 11.8 Å². The highest BCUT2D eigenvalue weighted by atomic mass is 16.4. The minimum atomic E-state index is -0.812. The van der Waals surface area contributed by atoms with Crippen LogP contribution in [0.5, 0.6) is 0 Å². The number of aliphatic carboxylic acids is 1. The van der Waals surface area contributed by atoms with E-state index in [2.05, 4.69) is 0 Å². The Morgan fingerprint density at radius 2 is 1.86 bits per heavy atom. The molecule has 1 heterocycles. The summed E-state index contributed by atoms with van der Waals surface area (Å²) in [6, 6.07) is 14.1. The van der Waals surface area contributed by atoms with Gasteiger partial charge in [-0.25, -0.2) is 0 Å². The number of carbonyl (C=O) groups is 2. The molecule has 1 saturated heterocycles. The number of carbonyl (C=O) groups excluding carboxylic acids is 1. The van der Waals surface area contributed by atoms with Gasteiger partial charge in [0.1, 0.15) is 0 Å². The number of amides is 1. The largest absolute Gasteiger partial charge is 0.481 e. The van der Waals surface area contributed by atoms with Gasteiger partial charge >= 0.3 is 5.97 Å². The van der Waals surface area contributed by atoms with E-state index in [0.717, 1.165) is 16.3 Å². The van der Waals surface area contributed by atoms with Crippen LogP contribution < -0.4 is 0 Å². The number of fused-ring (bicyclic) bond motifs is 1. The summed E-state index contributed by atoms with van der Waals surface area (Å²) in [5.41, 5.74) is 0.968. The van der Waals surface area contributed by atoms with Crippen molar-refractivity contribution in [3.8, 4) is 0 Å². The summed E-state index contributed by atoms with van der Waals surface area (Å²) in [5.74, 6) is -1.24. The monoisotopic (exact) mass is 297 g/mol. The Morgan fingerprint density at radius 3 is 2.55 bits per heavy atom. The highest BCUT2D eigenvalue weighted by Gasteiger charge is 2.36. The molecule has 22 heavy (non-hydrogen) atoms. The number of benzene rings is 2. The Balaban J connectivity index is 1.72. The molecular formula is C18H19NO3. The quantitative estimate of drug-likeness (QED) is 0.947. The van der Waals surface area contributed by atoms with E-state index in [9.17, 15) is 9.59 Å². The Hall–Kier alpha value is -2.36. The molecule has 4 nitrogen and oxygen atoms in total. The Bertz CT molecular complexity index is 725. The first-order valence-electron chi connectivity index (χ1n) is 7.53. The molecule has 1 aliphatic heterocycles. The van der Waals surface area contributed by atoms with Gasteiger partial charge in [-0.05, 0) is 22.3 Å². The number of hydrogen-bond acceptors (Lipinski definition) is 2. The molecule has 0 radical (unpaired) electrons. The average molecular weight is 297 g/mol. The summed E-state index contributed by atoms with van der Waals surface area (Å²) in [4.78, 5) is 25.2. The fourth-order valence-corrected chi connectivity index (χ4v) is 3.13. The lowest BCUT2D eigenvalue weighted by molar-refractivity contribution is -0.142. The summed E-state index contributed by atoms with van der Waals surface area (Å²) in [6.45, 7) is 2.74. The van der Waals surface area contributed by atoms with Crippen LogP contribution in [-0.2, 0) is 16.0 Å². The minimum absolute atomic E-state index is 0.00545. The molecule has 1 aliphatic rings. The summed E-state index contributed by atoms with van der Waals surface area (Å²) < 4.78 is 0.